The smallest absolute Gasteiger partial charge is 0.185 e. The number of ether oxygens (including phenoxy) is 1. The van der Waals surface area contributed by atoms with Crippen molar-refractivity contribution in [2.75, 3.05) is 6.61 Å². The van der Waals surface area contributed by atoms with Crippen molar-refractivity contribution in [3.05, 3.63) is 72.4 Å². The topological polar surface area (TPSA) is 26.3 Å². The van der Waals surface area contributed by atoms with E-state index in [9.17, 15) is 4.79 Å². The molecule has 1 aliphatic rings. The molecule has 0 fully saturated rings. The van der Waals surface area contributed by atoms with Gasteiger partial charge in [-0.15, -0.1) is 0 Å². The Morgan fingerprint density at radius 1 is 1.32 bits per heavy atom. The van der Waals surface area contributed by atoms with Crippen LogP contribution in [0.4, 0.5) is 0 Å². The van der Waals surface area contributed by atoms with Crippen molar-refractivity contribution in [3.63, 3.8) is 0 Å². The molecule has 0 amide bonds. The highest BCUT2D eigenvalue weighted by atomic mass is 16.5. The number of benzene rings is 1. The van der Waals surface area contributed by atoms with Crippen molar-refractivity contribution in [1.82, 2.24) is 0 Å². The first kappa shape index (κ1) is 13.5. The standard InChI is InChI=1S/C17H18O2/c1-2-19-17(12-7-4-8-13-17)14-11-16(18)15-9-5-3-6-10-15/h3-12,14H,2,13H2,1H3. The van der Waals surface area contributed by atoms with E-state index in [-0.39, 0.29) is 5.78 Å². The van der Waals surface area contributed by atoms with Gasteiger partial charge in [-0.05, 0) is 25.2 Å². The molecule has 0 aromatic heterocycles. The average Bonchev–Trinajstić information content (AvgIpc) is 2.47. The van der Waals surface area contributed by atoms with Crippen LogP contribution in [0.5, 0.6) is 0 Å². The van der Waals surface area contributed by atoms with Crippen LogP contribution in [0.25, 0.3) is 0 Å². The Kier molecular flexibility index (Phi) is 4.48. The summed E-state index contributed by atoms with van der Waals surface area (Å²) in [4.78, 5) is 12.0. The van der Waals surface area contributed by atoms with Crippen molar-refractivity contribution in [3.8, 4) is 0 Å². The van der Waals surface area contributed by atoms with Crippen molar-refractivity contribution >= 4 is 5.78 Å². The first-order valence-corrected chi connectivity index (χ1v) is 6.53. The number of allylic oxidation sites excluding steroid dienone is 3. The van der Waals surface area contributed by atoms with Gasteiger partial charge in [0.1, 0.15) is 5.60 Å². The number of carbonyl (C=O) groups excluding carboxylic acids is 1. The number of rotatable bonds is 5. The van der Waals surface area contributed by atoms with E-state index in [0.29, 0.717) is 12.2 Å². The quantitative estimate of drug-likeness (QED) is 0.591. The van der Waals surface area contributed by atoms with Gasteiger partial charge in [-0.3, -0.25) is 4.79 Å². The summed E-state index contributed by atoms with van der Waals surface area (Å²) in [5.41, 5.74) is 0.217. The van der Waals surface area contributed by atoms with Crippen molar-refractivity contribution in [1.29, 1.82) is 0 Å². The molecular formula is C17H18O2. The van der Waals surface area contributed by atoms with Crippen molar-refractivity contribution < 1.29 is 9.53 Å². The molecule has 1 aliphatic carbocycles. The Morgan fingerprint density at radius 3 is 2.74 bits per heavy atom. The highest BCUT2D eigenvalue weighted by Gasteiger charge is 2.24. The molecule has 1 aromatic carbocycles. The summed E-state index contributed by atoms with van der Waals surface area (Å²) in [6.07, 6.45) is 12.2. The molecule has 0 saturated carbocycles. The second-order valence-corrected chi connectivity index (χ2v) is 4.44. The van der Waals surface area contributed by atoms with Gasteiger partial charge in [0, 0.05) is 18.6 Å². The summed E-state index contributed by atoms with van der Waals surface area (Å²) < 4.78 is 5.78. The van der Waals surface area contributed by atoms with Gasteiger partial charge < -0.3 is 4.74 Å². The zero-order chi connectivity index (χ0) is 13.6. The van der Waals surface area contributed by atoms with Crippen molar-refractivity contribution in [2.45, 2.75) is 18.9 Å². The fourth-order valence-electron chi connectivity index (χ4n) is 2.08. The predicted molar refractivity (Wildman–Crippen MR) is 77.2 cm³/mol. The maximum Gasteiger partial charge on any atom is 0.185 e. The third-order valence-electron chi connectivity index (χ3n) is 3.05. The van der Waals surface area contributed by atoms with Gasteiger partial charge in [-0.2, -0.15) is 0 Å². The van der Waals surface area contributed by atoms with Crippen LogP contribution in [-0.4, -0.2) is 18.0 Å². The van der Waals surface area contributed by atoms with Gasteiger partial charge in [0.2, 0.25) is 0 Å². The summed E-state index contributed by atoms with van der Waals surface area (Å²) >= 11 is 0. The van der Waals surface area contributed by atoms with Crippen LogP contribution in [0.15, 0.2) is 66.8 Å². The number of carbonyl (C=O) groups is 1. The first-order valence-electron chi connectivity index (χ1n) is 6.53. The first-order chi connectivity index (χ1) is 9.26. The molecule has 0 spiro atoms. The molecule has 2 rings (SSSR count). The van der Waals surface area contributed by atoms with Crippen LogP contribution >= 0.6 is 0 Å². The zero-order valence-corrected chi connectivity index (χ0v) is 11.1. The van der Waals surface area contributed by atoms with Crippen LogP contribution < -0.4 is 0 Å². The fourth-order valence-corrected chi connectivity index (χ4v) is 2.08. The minimum absolute atomic E-state index is 0.00244. The van der Waals surface area contributed by atoms with Crippen LogP contribution in [0.1, 0.15) is 23.7 Å². The molecule has 0 radical (unpaired) electrons. The second kappa shape index (κ2) is 6.30. The van der Waals surface area contributed by atoms with Crippen LogP contribution in [0.2, 0.25) is 0 Å². The fraction of sp³-hybridized carbons (Fsp3) is 0.235. The van der Waals surface area contributed by atoms with Crippen molar-refractivity contribution in [2.24, 2.45) is 0 Å². The number of hydrogen-bond acceptors (Lipinski definition) is 2. The summed E-state index contributed by atoms with van der Waals surface area (Å²) in [5, 5.41) is 0. The van der Waals surface area contributed by atoms with Gasteiger partial charge in [0.15, 0.2) is 5.78 Å². The largest absolute Gasteiger partial charge is 0.367 e. The van der Waals surface area contributed by atoms with E-state index in [1.165, 1.54) is 0 Å². The van der Waals surface area contributed by atoms with Gasteiger partial charge in [-0.25, -0.2) is 0 Å². The molecular weight excluding hydrogens is 236 g/mol. The monoisotopic (exact) mass is 254 g/mol. The number of hydrogen-bond donors (Lipinski definition) is 0. The summed E-state index contributed by atoms with van der Waals surface area (Å²) in [5.74, 6) is 0.00244. The van der Waals surface area contributed by atoms with Gasteiger partial charge in [0.25, 0.3) is 0 Å². The third kappa shape index (κ3) is 3.52. The molecule has 0 N–H and O–H groups in total. The molecule has 1 aromatic rings. The van der Waals surface area contributed by atoms with E-state index in [4.69, 9.17) is 4.74 Å². The van der Waals surface area contributed by atoms with Crippen LogP contribution in [-0.2, 0) is 4.74 Å². The Hall–Kier alpha value is -1.93. The normalized spacial score (nSPS) is 21.9. The molecule has 2 heteroatoms. The molecule has 1 unspecified atom stereocenters. The maximum absolute atomic E-state index is 12.0. The molecule has 98 valence electrons. The maximum atomic E-state index is 12.0. The van der Waals surface area contributed by atoms with Gasteiger partial charge in [0.05, 0.1) is 0 Å². The van der Waals surface area contributed by atoms with E-state index in [0.717, 1.165) is 6.42 Å². The lowest BCUT2D eigenvalue weighted by Crippen LogP contribution is -2.28. The van der Waals surface area contributed by atoms with E-state index < -0.39 is 5.60 Å². The lowest BCUT2D eigenvalue weighted by molar-refractivity contribution is 0.0377. The van der Waals surface area contributed by atoms with E-state index in [1.54, 1.807) is 6.08 Å². The lowest BCUT2D eigenvalue weighted by Gasteiger charge is -2.27. The minimum atomic E-state index is -0.478. The second-order valence-electron chi connectivity index (χ2n) is 4.44. The van der Waals surface area contributed by atoms with Crippen LogP contribution in [0.3, 0.4) is 0 Å². The zero-order valence-electron chi connectivity index (χ0n) is 11.1. The summed E-state index contributed by atoms with van der Waals surface area (Å²) in [6, 6.07) is 9.26. The van der Waals surface area contributed by atoms with E-state index >= 15 is 0 Å². The summed E-state index contributed by atoms with van der Waals surface area (Å²) in [7, 11) is 0. The Balaban J connectivity index is 2.13. The predicted octanol–water partition coefficient (Wildman–Crippen LogP) is 3.72. The number of ketones is 1. The Morgan fingerprint density at radius 2 is 2.11 bits per heavy atom. The highest BCUT2D eigenvalue weighted by molar-refractivity contribution is 6.04. The minimum Gasteiger partial charge on any atom is -0.367 e. The molecule has 0 heterocycles. The van der Waals surface area contributed by atoms with Gasteiger partial charge >= 0.3 is 0 Å². The Labute approximate surface area is 114 Å². The van der Waals surface area contributed by atoms with Crippen LogP contribution in [0, 0.1) is 0 Å². The molecule has 2 nitrogen and oxygen atoms in total. The third-order valence-corrected chi connectivity index (χ3v) is 3.05. The van der Waals surface area contributed by atoms with E-state index in [2.05, 4.69) is 0 Å². The van der Waals surface area contributed by atoms with E-state index in [1.807, 2.05) is 67.6 Å². The molecule has 0 bridgehead atoms. The average molecular weight is 254 g/mol. The molecule has 19 heavy (non-hydrogen) atoms. The van der Waals surface area contributed by atoms with Gasteiger partial charge in [-0.1, -0.05) is 48.6 Å². The molecule has 0 aliphatic heterocycles. The SMILES string of the molecule is CCOC1(C=CC(=O)c2ccccc2)C=CC=CC1. The summed E-state index contributed by atoms with van der Waals surface area (Å²) in [6.45, 7) is 2.57. The Bertz CT molecular complexity index is 511. The lowest BCUT2D eigenvalue weighted by atomic mass is 9.93. The molecule has 0 saturated heterocycles. The molecule has 1 atom stereocenters. The highest BCUT2D eigenvalue weighted by Crippen LogP contribution is 2.24.